The number of nitrogens with one attached hydrogen (secondary N) is 1. The van der Waals surface area contributed by atoms with E-state index in [9.17, 15) is 0 Å². The van der Waals surface area contributed by atoms with Crippen molar-refractivity contribution < 1.29 is 0 Å². The van der Waals surface area contributed by atoms with Gasteiger partial charge in [0.2, 0.25) is 0 Å². The molecule has 0 amide bonds. The molecule has 3 aliphatic rings. The minimum absolute atomic E-state index is 0.490. The number of hydrogen-bond acceptors (Lipinski definition) is 2. The molecule has 0 aromatic heterocycles. The van der Waals surface area contributed by atoms with Crippen LogP contribution in [0.5, 0.6) is 0 Å². The zero-order chi connectivity index (χ0) is 11.9. The molecule has 2 saturated carbocycles. The third kappa shape index (κ3) is 1.94. The van der Waals surface area contributed by atoms with Crippen molar-refractivity contribution in [2.45, 2.75) is 82.3 Å². The van der Waals surface area contributed by atoms with Crippen molar-refractivity contribution in [3.63, 3.8) is 0 Å². The van der Waals surface area contributed by atoms with Gasteiger partial charge in [-0.15, -0.1) is 0 Å². The van der Waals surface area contributed by atoms with E-state index in [1.807, 2.05) is 0 Å². The predicted octanol–water partition coefficient (Wildman–Crippen LogP) is 2.93. The van der Waals surface area contributed by atoms with Crippen LogP contribution in [0.3, 0.4) is 0 Å². The van der Waals surface area contributed by atoms with Crippen molar-refractivity contribution in [2.24, 2.45) is 0 Å². The fourth-order valence-corrected chi connectivity index (χ4v) is 4.31. The van der Waals surface area contributed by atoms with Crippen LogP contribution in [0.1, 0.15) is 65.2 Å². The molecule has 3 fully saturated rings. The Balaban J connectivity index is 1.77. The van der Waals surface area contributed by atoms with Crippen LogP contribution in [0, 0.1) is 0 Å². The third-order valence-electron chi connectivity index (χ3n) is 5.78. The molecule has 1 saturated heterocycles. The molecule has 1 unspecified atom stereocenters. The van der Waals surface area contributed by atoms with Crippen molar-refractivity contribution in [3.05, 3.63) is 0 Å². The van der Waals surface area contributed by atoms with E-state index in [1.165, 1.54) is 64.5 Å². The van der Waals surface area contributed by atoms with E-state index in [2.05, 4.69) is 24.1 Å². The van der Waals surface area contributed by atoms with Crippen LogP contribution in [-0.2, 0) is 0 Å². The predicted molar refractivity (Wildman–Crippen MR) is 72.2 cm³/mol. The fraction of sp³-hybridized carbons (Fsp3) is 1.00. The number of hydrogen-bond donors (Lipinski definition) is 1. The summed E-state index contributed by atoms with van der Waals surface area (Å²) in [5, 5.41) is 3.90. The van der Waals surface area contributed by atoms with Crippen LogP contribution in [0.2, 0.25) is 0 Å². The molecular weight excluding hydrogens is 208 g/mol. The average molecular weight is 236 g/mol. The Morgan fingerprint density at radius 2 is 1.82 bits per heavy atom. The molecule has 2 nitrogen and oxygen atoms in total. The third-order valence-corrected chi connectivity index (χ3v) is 5.78. The van der Waals surface area contributed by atoms with E-state index in [4.69, 9.17) is 0 Å². The molecule has 1 spiro atoms. The molecular formula is C15H28N2. The second-order valence-corrected chi connectivity index (χ2v) is 6.91. The number of nitrogens with zero attached hydrogens (tertiary/aromatic N) is 1. The van der Waals surface area contributed by atoms with E-state index in [-0.39, 0.29) is 0 Å². The van der Waals surface area contributed by atoms with Crippen molar-refractivity contribution >= 4 is 0 Å². The Hall–Kier alpha value is -0.0800. The van der Waals surface area contributed by atoms with Crippen LogP contribution >= 0.6 is 0 Å². The molecule has 1 aliphatic heterocycles. The summed E-state index contributed by atoms with van der Waals surface area (Å²) in [5.41, 5.74) is 1.03. The maximum absolute atomic E-state index is 3.90. The minimum Gasteiger partial charge on any atom is -0.308 e. The van der Waals surface area contributed by atoms with E-state index in [0.29, 0.717) is 11.1 Å². The second kappa shape index (κ2) is 4.24. The van der Waals surface area contributed by atoms with Gasteiger partial charge in [0, 0.05) is 30.2 Å². The van der Waals surface area contributed by atoms with Crippen LogP contribution in [0.4, 0.5) is 0 Å². The van der Waals surface area contributed by atoms with Gasteiger partial charge in [0.05, 0.1) is 0 Å². The summed E-state index contributed by atoms with van der Waals surface area (Å²) in [6, 6.07) is 0.784. The van der Waals surface area contributed by atoms with Crippen LogP contribution in [0.25, 0.3) is 0 Å². The van der Waals surface area contributed by atoms with Gasteiger partial charge in [-0.05, 0) is 45.4 Å². The lowest BCUT2D eigenvalue weighted by Gasteiger charge is -2.57. The summed E-state index contributed by atoms with van der Waals surface area (Å²) in [6.45, 7) is 7.41. The monoisotopic (exact) mass is 236 g/mol. The standard InChI is InChI=1S/C15H28N2/c1-3-13-11-16-15(9-4-5-10-15)12-17(13)14(2)7-6-8-14/h13,16H,3-12H2,1-2H3. The minimum atomic E-state index is 0.490. The van der Waals surface area contributed by atoms with Gasteiger partial charge < -0.3 is 5.32 Å². The van der Waals surface area contributed by atoms with Crippen molar-refractivity contribution in [1.82, 2.24) is 10.2 Å². The van der Waals surface area contributed by atoms with E-state index < -0.39 is 0 Å². The highest BCUT2D eigenvalue weighted by Crippen LogP contribution is 2.43. The molecule has 0 aromatic rings. The summed E-state index contributed by atoms with van der Waals surface area (Å²) < 4.78 is 0. The molecule has 2 aliphatic carbocycles. The summed E-state index contributed by atoms with van der Waals surface area (Å²) in [4.78, 5) is 2.89. The first-order valence-electron chi connectivity index (χ1n) is 7.69. The molecule has 98 valence electrons. The lowest BCUT2D eigenvalue weighted by molar-refractivity contribution is -0.0491. The van der Waals surface area contributed by atoms with E-state index >= 15 is 0 Å². The van der Waals surface area contributed by atoms with Gasteiger partial charge in [-0.3, -0.25) is 4.90 Å². The molecule has 1 heterocycles. The second-order valence-electron chi connectivity index (χ2n) is 6.91. The topological polar surface area (TPSA) is 15.3 Å². The zero-order valence-electron chi connectivity index (χ0n) is 11.6. The Morgan fingerprint density at radius 3 is 2.35 bits per heavy atom. The molecule has 2 heteroatoms. The number of rotatable bonds is 2. The first kappa shape index (κ1) is 12.0. The van der Waals surface area contributed by atoms with Crippen LogP contribution in [-0.4, -0.2) is 35.1 Å². The first-order valence-corrected chi connectivity index (χ1v) is 7.69. The molecule has 0 radical (unpaired) electrons. The van der Waals surface area contributed by atoms with E-state index in [0.717, 1.165) is 6.04 Å². The van der Waals surface area contributed by atoms with Crippen LogP contribution < -0.4 is 5.32 Å². The van der Waals surface area contributed by atoms with Gasteiger partial charge in [0.1, 0.15) is 0 Å². The van der Waals surface area contributed by atoms with Gasteiger partial charge in [-0.25, -0.2) is 0 Å². The fourth-order valence-electron chi connectivity index (χ4n) is 4.31. The molecule has 1 N–H and O–H groups in total. The highest BCUT2D eigenvalue weighted by Gasteiger charge is 2.48. The van der Waals surface area contributed by atoms with Crippen molar-refractivity contribution in [1.29, 1.82) is 0 Å². The SMILES string of the molecule is CCC1CNC2(CCCC2)CN1C1(C)CCC1. The van der Waals surface area contributed by atoms with Gasteiger partial charge >= 0.3 is 0 Å². The summed E-state index contributed by atoms with van der Waals surface area (Å²) in [6.07, 6.45) is 11.3. The van der Waals surface area contributed by atoms with Gasteiger partial charge in [-0.2, -0.15) is 0 Å². The first-order chi connectivity index (χ1) is 8.18. The lowest BCUT2D eigenvalue weighted by Crippen LogP contribution is -2.69. The average Bonchev–Trinajstić information content (AvgIpc) is 2.74. The van der Waals surface area contributed by atoms with Crippen LogP contribution in [0.15, 0.2) is 0 Å². The Labute approximate surface area is 106 Å². The largest absolute Gasteiger partial charge is 0.308 e. The maximum atomic E-state index is 3.90. The van der Waals surface area contributed by atoms with E-state index in [1.54, 1.807) is 0 Å². The molecule has 3 rings (SSSR count). The van der Waals surface area contributed by atoms with Gasteiger partial charge in [0.15, 0.2) is 0 Å². The molecule has 0 bridgehead atoms. The van der Waals surface area contributed by atoms with Crippen molar-refractivity contribution in [3.8, 4) is 0 Å². The van der Waals surface area contributed by atoms with Gasteiger partial charge in [0.25, 0.3) is 0 Å². The lowest BCUT2D eigenvalue weighted by atomic mass is 9.74. The Kier molecular flexibility index (Phi) is 2.99. The highest BCUT2D eigenvalue weighted by atomic mass is 15.3. The quantitative estimate of drug-likeness (QED) is 0.793. The summed E-state index contributed by atoms with van der Waals surface area (Å²) in [5.74, 6) is 0. The zero-order valence-corrected chi connectivity index (χ0v) is 11.6. The smallest absolute Gasteiger partial charge is 0.0309 e. The van der Waals surface area contributed by atoms with Gasteiger partial charge in [-0.1, -0.05) is 19.8 Å². The molecule has 17 heavy (non-hydrogen) atoms. The summed E-state index contributed by atoms with van der Waals surface area (Å²) in [7, 11) is 0. The Morgan fingerprint density at radius 1 is 1.12 bits per heavy atom. The molecule has 1 atom stereocenters. The van der Waals surface area contributed by atoms with Crippen molar-refractivity contribution in [2.75, 3.05) is 13.1 Å². The Bertz CT molecular complexity index is 277. The highest BCUT2D eigenvalue weighted by molar-refractivity contribution is 5.07. The normalized spacial score (nSPS) is 36.0. The maximum Gasteiger partial charge on any atom is 0.0309 e. The summed E-state index contributed by atoms with van der Waals surface area (Å²) >= 11 is 0. The molecule has 0 aromatic carbocycles. The number of piperazine rings is 1.